The van der Waals surface area contributed by atoms with E-state index in [1.54, 1.807) is 30.3 Å². The predicted molar refractivity (Wildman–Crippen MR) is 73.0 cm³/mol. The number of carbonyl (C=O) groups is 2. The van der Waals surface area contributed by atoms with Crippen molar-refractivity contribution in [1.29, 1.82) is 0 Å². The maximum absolute atomic E-state index is 12.0. The summed E-state index contributed by atoms with van der Waals surface area (Å²) in [4.78, 5) is 23.1. The molecule has 1 aromatic carbocycles. The molecule has 1 aromatic heterocycles. The van der Waals surface area contributed by atoms with Crippen LogP contribution in [0.1, 0.15) is 21.7 Å². The number of aryl methyl sites for hydroxylation is 1. The van der Waals surface area contributed by atoms with E-state index in [0.717, 1.165) is 5.56 Å². The number of rotatable bonds is 4. The summed E-state index contributed by atoms with van der Waals surface area (Å²) in [5.41, 5.74) is 1.08. The van der Waals surface area contributed by atoms with Crippen LogP contribution in [0.15, 0.2) is 52.8 Å². The van der Waals surface area contributed by atoms with Gasteiger partial charge in [-0.1, -0.05) is 17.7 Å². The van der Waals surface area contributed by atoms with Gasteiger partial charge in [0.25, 0.3) is 5.91 Å². The molecule has 102 valence electrons. The Morgan fingerprint density at radius 3 is 2.65 bits per heavy atom. The van der Waals surface area contributed by atoms with Crippen molar-refractivity contribution < 1.29 is 19.1 Å². The van der Waals surface area contributed by atoms with Gasteiger partial charge in [-0.3, -0.25) is 4.79 Å². The van der Waals surface area contributed by atoms with Gasteiger partial charge in [-0.05, 0) is 31.2 Å². The van der Waals surface area contributed by atoms with Gasteiger partial charge in [-0.2, -0.15) is 0 Å². The van der Waals surface area contributed by atoms with Crippen LogP contribution in [0.2, 0.25) is 0 Å². The third-order valence-corrected chi connectivity index (χ3v) is 2.59. The Balaban J connectivity index is 2.21. The number of carboxylic acids is 1. The fourth-order valence-electron chi connectivity index (χ4n) is 1.65. The Hall–Kier alpha value is -2.82. The number of hydrogen-bond donors (Lipinski definition) is 2. The average Bonchev–Trinajstić information content (AvgIpc) is 2.90. The van der Waals surface area contributed by atoms with E-state index in [2.05, 4.69) is 5.32 Å². The second kappa shape index (κ2) is 5.88. The molecule has 20 heavy (non-hydrogen) atoms. The number of aliphatic carboxylic acids is 1. The zero-order valence-corrected chi connectivity index (χ0v) is 10.8. The highest BCUT2D eigenvalue weighted by Crippen LogP contribution is 2.08. The summed E-state index contributed by atoms with van der Waals surface area (Å²) < 4.78 is 5.03. The van der Waals surface area contributed by atoms with Crippen molar-refractivity contribution in [3.63, 3.8) is 0 Å². The number of carboxylic acid groups (broad SMARTS) is 1. The average molecular weight is 271 g/mol. The molecule has 0 radical (unpaired) electrons. The van der Waals surface area contributed by atoms with Gasteiger partial charge in [0.15, 0.2) is 0 Å². The summed E-state index contributed by atoms with van der Waals surface area (Å²) in [6, 6.07) is 10.1. The van der Waals surface area contributed by atoms with E-state index in [4.69, 9.17) is 9.52 Å². The van der Waals surface area contributed by atoms with Crippen LogP contribution >= 0.6 is 0 Å². The third kappa shape index (κ3) is 3.35. The van der Waals surface area contributed by atoms with Gasteiger partial charge in [0, 0.05) is 11.6 Å². The molecule has 2 aromatic rings. The summed E-state index contributed by atoms with van der Waals surface area (Å²) in [6.45, 7) is 1.85. The molecule has 2 N–H and O–H groups in total. The van der Waals surface area contributed by atoms with E-state index >= 15 is 0 Å². The van der Waals surface area contributed by atoms with Crippen molar-refractivity contribution in [3.05, 3.63) is 65.2 Å². The lowest BCUT2D eigenvalue weighted by Crippen LogP contribution is -2.27. The molecule has 2 rings (SSSR count). The lowest BCUT2D eigenvalue weighted by atomic mass is 10.1. The van der Waals surface area contributed by atoms with Crippen LogP contribution in [0.3, 0.4) is 0 Å². The summed E-state index contributed by atoms with van der Waals surface area (Å²) >= 11 is 0. The van der Waals surface area contributed by atoms with E-state index in [9.17, 15) is 9.59 Å². The van der Waals surface area contributed by atoms with Crippen molar-refractivity contribution in [3.8, 4) is 0 Å². The van der Waals surface area contributed by atoms with E-state index < -0.39 is 11.9 Å². The Kier molecular flexibility index (Phi) is 4.00. The van der Waals surface area contributed by atoms with E-state index in [-0.39, 0.29) is 5.70 Å². The summed E-state index contributed by atoms with van der Waals surface area (Å²) in [5, 5.41) is 11.5. The van der Waals surface area contributed by atoms with E-state index in [1.807, 2.05) is 13.0 Å². The molecule has 0 spiro atoms. The van der Waals surface area contributed by atoms with Crippen LogP contribution in [0, 0.1) is 6.92 Å². The molecule has 0 atom stereocenters. The fraction of sp³-hybridized carbons (Fsp3) is 0.0667. The first kappa shape index (κ1) is 13.6. The Labute approximate surface area is 115 Å². The Morgan fingerprint density at radius 2 is 2.05 bits per heavy atom. The first-order valence-corrected chi connectivity index (χ1v) is 5.93. The number of carbonyl (C=O) groups excluding carboxylic acids is 1. The van der Waals surface area contributed by atoms with Crippen LogP contribution in [0.4, 0.5) is 0 Å². The number of hydrogen-bond acceptors (Lipinski definition) is 3. The van der Waals surface area contributed by atoms with Gasteiger partial charge in [0.05, 0.1) is 6.26 Å². The highest BCUT2D eigenvalue weighted by atomic mass is 16.4. The lowest BCUT2D eigenvalue weighted by molar-refractivity contribution is -0.132. The van der Waals surface area contributed by atoms with Crippen LogP contribution < -0.4 is 5.32 Å². The minimum atomic E-state index is -1.23. The molecule has 5 heteroatoms. The summed E-state index contributed by atoms with van der Waals surface area (Å²) in [7, 11) is 0. The summed E-state index contributed by atoms with van der Waals surface area (Å²) in [5.74, 6) is -1.36. The van der Waals surface area contributed by atoms with Gasteiger partial charge < -0.3 is 14.8 Å². The monoisotopic (exact) mass is 271 g/mol. The van der Waals surface area contributed by atoms with Gasteiger partial charge in [-0.15, -0.1) is 0 Å². The Bertz CT molecular complexity index is 656. The minimum absolute atomic E-state index is 0.244. The standard InChI is InChI=1S/C15H13NO4/c1-10-4-2-5-11(8-10)14(17)16-13(15(18)19)9-12-6-3-7-20-12/h2-9H,1H3,(H,16,17)(H,18,19)/b13-9+. The molecule has 0 saturated heterocycles. The number of furan rings is 1. The summed E-state index contributed by atoms with van der Waals surface area (Å²) in [6.07, 6.45) is 2.68. The minimum Gasteiger partial charge on any atom is -0.477 e. The van der Waals surface area contributed by atoms with E-state index in [0.29, 0.717) is 11.3 Å². The third-order valence-electron chi connectivity index (χ3n) is 2.59. The molecule has 0 aliphatic heterocycles. The quantitative estimate of drug-likeness (QED) is 0.837. The number of amides is 1. The van der Waals surface area contributed by atoms with Crippen molar-refractivity contribution in [1.82, 2.24) is 5.32 Å². The van der Waals surface area contributed by atoms with Gasteiger partial charge in [-0.25, -0.2) is 4.79 Å². The van der Waals surface area contributed by atoms with Crippen LogP contribution in [0.5, 0.6) is 0 Å². The van der Waals surface area contributed by atoms with E-state index in [1.165, 1.54) is 12.3 Å². The zero-order chi connectivity index (χ0) is 14.5. The van der Waals surface area contributed by atoms with Crippen LogP contribution in [-0.2, 0) is 4.79 Å². The van der Waals surface area contributed by atoms with Gasteiger partial charge >= 0.3 is 5.97 Å². The van der Waals surface area contributed by atoms with Gasteiger partial charge in [0.2, 0.25) is 0 Å². The number of nitrogens with one attached hydrogen (secondary N) is 1. The molecule has 0 aliphatic carbocycles. The Morgan fingerprint density at radius 1 is 1.25 bits per heavy atom. The molecule has 1 amide bonds. The molecular weight excluding hydrogens is 258 g/mol. The largest absolute Gasteiger partial charge is 0.477 e. The van der Waals surface area contributed by atoms with Crippen LogP contribution in [0.25, 0.3) is 6.08 Å². The molecule has 5 nitrogen and oxygen atoms in total. The maximum Gasteiger partial charge on any atom is 0.352 e. The maximum atomic E-state index is 12.0. The highest BCUT2D eigenvalue weighted by molar-refractivity contribution is 6.02. The second-order valence-corrected chi connectivity index (χ2v) is 4.20. The lowest BCUT2D eigenvalue weighted by Gasteiger charge is -2.06. The molecular formula is C15H13NO4. The first-order chi connectivity index (χ1) is 9.56. The molecule has 0 aliphatic rings. The second-order valence-electron chi connectivity index (χ2n) is 4.20. The van der Waals surface area contributed by atoms with Crippen molar-refractivity contribution in [2.75, 3.05) is 0 Å². The predicted octanol–water partition coefficient (Wildman–Crippen LogP) is 2.44. The van der Waals surface area contributed by atoms with Crippen molar-refractivity contribution in [2.24, 2.45) is 0 Å². The smallest absolute Gasteiger partial charge is 0.352 e. The number of benzene rings is 1. The SMILES string of the molecule is Cc1cccc(C(=O)N/C(=C/c2ccco2)C(=O)O)c1. The van der Waals surface area contributed by atoms with Crippen molar-refractivity contribution >= 4 is 18.0 Å². The highest BCUT2D eigenvalue weighted by Gasteiger charge is 2.14. The fourth-order valence-corrected chi connectivity index (χ4v) is 1.65. The van der Waals surface area contributed by atoms with Gasteiger partial charge in [0.1, 0.15) is 11.5 Å². The normalized spacial score (nSPS) is 11.2. The zero-order valence-electron chi connectivity index (χ0n) is 10.8. The molecule has 1 heterocycles. The van der Waals surface area contributed by atoms with Crippen LogP contribution in [-0.4, -0.2) is 17.0 Å². The first-order valence-electron chi connectivity index (χ1n) is 5.93. The topological polar surface area (TPSA) is 79.5 Å². The molecule has 0 bridgehead atoms. The molecule has 0 fully saturated rings. The molecule has 0 saturated carbocycles. The van der Waals surface area contributed by atoms with Crippen molar-refractivity contribution in [2.45, 2.75) is 6.92 Å². The molecule has 0 unspecified atom stereocenters.